The van der Waals surface area contributed by atoms with E-state index in [1.54, 1.807) is 11.0 Å². The number of amides is 1. The molecule has 3 aromatic heterocycles. The molecular formula is C32H36ClFN8O3. The van der Waals surface area contributed by atoms with Crippen molar-refractivity contribution in [1.29, 1.82) is 0 Å². The Balaban J connectivity index is 1.89. The highest BCUT2D eigenvalue weighted by Gasteiger charge is 2.34. The number of phenolic OH excluding ortho intramolecular Hbond substituents is 1. The van der Waals surface area contributed by atoms with Crippen LogP contribution in [-0.2, 0) is 4.79 Å². The van der Waals surface area contributed by atoms with Gasteiger partial charge in [0, 0.05) is 25.2 Å². The number of benzene rings is 1. The van der Waals surface area contributed by atoms with E-state index in [1.807, 2.05) is 46.4 Å². The van der Waals surface area contributed by atoms with Gasteiger partial charge in [-0.2, -0.15) is 4.98 Å². The van der Waals surface area contributed by atoms with E-state index in [0.717, 1.165) is 0 Å². The van der Waals surface area contributed by atoms with Gasteiger partial charge in [-0.25, -0.2) is 28.7 Å². The number of phenols is 1. The van der Waals surface area contributed by atoms with Gasteiger partial charge in [0.25, 0.3) is 0 Å². The summed E-state index contributed by atoms with van der Waals surface area (Å²) in [6.07, 6.45) is 1.28. The van der Waals surface area contributed by atoms with Crippen LogP contribution in [0.4, 0.5) is 16.2 Å². The molecule has 0 unspecified atom stereocenters. The van der Waals surface area contributed by atoms with Gasteiger partial charge < -0.3 is 20.6 Å². The fraction of sp³-hybridized carbons (Fsp3) is 0.375. The van der Waals surface area contributed by atoms with Gasteiger partial charge in [-0.1, -0.05) is 51.9 Å². The van der Waals surface area contributed by atoms with Gasteiger partial charge >= 0.3 is 5.69 Å². The molecule has 1 amide bonds. The molecule has 3 N–H and O–H groups in total. The predicted molar refractivity (Wildman–Crippen MR) is 174 cm³/mol. The van der Waals surface area contributed by atoms with Gasteiger partial charge in [0.2, 0.25) is 11.9 Å². The average Bonchev–Trinajstić information content (AvgIpc) is 2.97. The number of rotatable bonds is 6. The van der Waals surface area contributed by atoms with E-state index >= 15 is 4.39 Å². The Labute approximate surface area is 265 Å². The van der Waals surface area contributed by atoms with E-state index in [2.05, 4.69) is 21.5 Å². The molecule has 1 fully saturated rings. The number of aromatic hydroxyl groups is 1. The third kappa shape index (κ3) is 5.58. The number of carbonyl (C=O) groups excluding carboxylic acids is 1. The second kappa shape index (κ2) is 12.1. The highest BCUT2D eigenvalue weighted by Crippen LogP contribution is 2.40. The van der Waals surface area contributed by atoms with Crippen LogP contribution in [-0.4, -0.2) is 65.6 Å². The standard InChI is InChI=1S/C32H36ClFN8O3/c1-8-23(44)40-13-18(7)41(14-17(40)6)29-19-12-20(33)27(24-21(34)10-9-11-22(24)43)36-30(19)42(32(45)39-29)28-25(15(2)3)37-31(35)38-26(28)16(4)5/h8-12,15-18,43H,1,13-14H2,2-7H3,(H2,35,37,38)/t17-,18+/m1/s1. The summed E-state index contributed by atoms with van der Waals surface area (Å²) in [7, 11) is 0. The van der Waals surface area contributed by atoms with Crippen LogP contribution in [0.1, 0.15) is 64.8 Å². The average molecular weight is 635 g/mol. The third-order valence-electron chi connectivity index (χ3n) is 8.02. The molecule has 4 heterocycles. The molecule has 4 aromatic rings. The summed E-state index contributed by atoms with van der Waals surface area (Å²) in [4.78, 5) is 48.8. The number of hydrogen-bond donors (Lipinski definition) is 2. The summed E-state index contributed by atoms with van der Waals surface area (Å²) in [5.41, 5.74) is 6.70. The highest BCUT2D eigenvalue weighted by atomic mass is 35.5. The highest BCUT2D eigenvalue weighted by molar-refractivity contribution is 6.34. The van der Waals surface area contributed by atoms with E-state index in [1.165, 1.54) is 28.8 Å². The Hall–Kier alpha value is -4.58. The predicted octanol–water partition coefficient (Wildman–Crippen LogP) is 5.18. The van der Waals surface area contributed by atoms with Crippen LogP contribution in [0.25, 0.3) is 28.0 Å². The second-order valence-electron chi connectivity index (χ2n) is 11.9. The van der Waals surface area contributed by atoms with E-state index in [0.29, 0.717) is 41.4 Å². The number of nitrogens with two attached hydrogens (primary N) is 1. The maximum absolute atomic E-state index is 15.2. The van der Waals surface area contributed by atoms with Crippen LogP contribution in [0, 0.1) is 5.82 Å². The minimum Gasteiger partial charge on any atom is -0.507 e. The molecule has 0 bridgehead atoms. The van der Waals surface area contributed by atoms with Gasteiger partial charge in [0.15, 0.2) is 5.65 Å². The fourth-order valence-electron chi connectivity index (χ4n) is 5.84. The zero-order valence-electron chi connectivity index (χ0n) is 26.0. The smallest absolute Gasteiger partial charge is 0.355 e. The SMILES string of the molecule is C=CC(=O)N1C[C@H](C)N(c2nc(=O)n(-c3c(C(C)C)nc(N)nc3C(C)C)c3nc(-c4c(O)cccc4F)c(Cl)cc23)C[C@H]1C. The van der Waals surface area contributed by atoms with Crippen molar-refractivity contribution in [2.75, 3.05) is 23.7 Å². The van der Waals surface area contributed by atoms with Crippen molar-refractivity contribution < 1.29 is 14.3 Å². The van der Waals surface area contributed by atoms with Crippen LogP contribution < -0.4 is 16.3 Å². The van der Waals surface area contributed by atoms with Crippen LogP contribution in [0.2, 0.25) is 5.02 Å². The fourth-order valence-corrected chi connectivity index (χ4v) is 6.08. The lowest BCUT2D eigenvalue weighted by atomic mass is 10.0. The van der Waals surface area contributed by atoms with Crippen molar-refractivity contribution >= 4 is 40.3 Å². The molecule has 0 aliphatic carbocycles. The molecule has 45 heavy (non-hydrogen) atoms. The third-order valence-corrected chi connectivity index (χ3v) is 8.31. The largest absolute Gasteiger partial charge is 0.507 e. The second-order valence-corrected chi connectivity index (χ2v) is 12.3. The molecule has 1 aliphatic rings. The molecule has 5 rings (SSSR count). The van der Waals surface area contributed by atoms with Gasteiger partial charge in [-0.05, 0) is 50.0 Å². The molecule has 1 aliphatic heterocycles. The van der Waals surface area contributed by atoms with E-state index < -0.39 is 11.5 Å². The lowest BCUT2D eigenvalue weighted by molar-refractivity contribution is -0.128. The number of fused-ring (bicyclic) bond motifs is 1. The molecule has 236 valence electrons. The first kappa shape index (κ1) is 31.8. The number of carbonyl (C=O) groups is 1. The summed E-state index contributed by atoms with van der Waals surface area (Å²) in [5, 5.41) is 11.1. The maximum Gasteiger partial charge on any atom is 0.355 e. The van der Waals surface area contributed by atoms with Crippen molar-refractivity contribution in [3.63, 3.8) is 0 Å². The van der Waals surface area contributed by atoms with Crippen LogP contribution in [0.3, 0.4) is 0 Å². The maximum atomic E-state index is 15.2. The number of aromatic nitrogens is 5. The molecule has 0 saturated carbocycles. The zero-order chi connectivity index (χ0) is 32.9. The Bertz CT molecular complexity index is 1840. The Morgan fingerprint density at radius 1 is 1.09 bits per heavy atom. The lowest BCUT2D eigenvalue weighted by Crippen LogP contribution is -2.58. The number of hydrogen-bond acceptors (Lipinski definition) is 9. The number of piperazine rings is 1. The van der Waals surface area contributed by atoms with Crippen LogP contribution in [0.5, 0.6) is 5.75 Å². The van der Waals surface area contributed by atoms with Crippen molar-refractivity contribution in [2.45, 2.75) is 65.5 Å². The molecule has 13 heteroatoms. The minimum absolute atomic E-state index is 0.0408. The summed E-state index contributed by atoms with van der Waals surface area (Å²) < 4.78 is 16.5. The first-order valence-corrected chi connectivity index (χ1v) is 15.1. The Kier molecular flexibility index (Phi) is 8.54. The number of halogens is 2. The number of pyridine rings is 1. The molecule has 0 radical (unpaired) electrons. The number of nitrogens with zero attached hydrogens (tertiary/aromatic N) is 7. The normalized spacial score (nSPS) is 17.0. The Morgan fingerprint density at radius 3 is 2.31 bits per heavy atom. The molecule has 1 saturated heterocycles. The van der Waals surface area contributed by atoms with Crippen molar-refractivity contribution in [3.8, 4) is 22.7 Å². The summed E-state index contributed by atoms with van der Waals surface area (Å²) in [5.74, 6) is -1.27. The lowest BCUT2D eigenvalue weighted by Gasteiger charge is -2.44. The zero-order valence-corrected chi connectivity index (χ0v) is 26.8. The monoisotopic (exact) mass is 634 g/mol. The van der Waals surface area contributed by atoms with Gasteiger partial charge in [-0.3, -0.25) is 4.79 Å². The first-order chi connectivity index (χ1) is 21.2. The van der Waals surface area contributed by atoms with Crippen molar-refractivity contribution in [3.05, 3.63) is 69.6 Å². The molecule has 2 atom stereocenters. The summed E-state index contributed by atoms with van der Waals surface area (Å²) in [6, 6.07) is 4.99. The van der Waals surface area contributed by atoms with Gasteiger partial charge in [-0.15, -0.1) is 0 Å². The van der Waals surface area contributed by atoms with Crippen molar-refractivity contribution in [2.24, 2.45) is 0 Å². The van der Waals surface area contributed by atoms with Gasteiger partial charge in [0.05, 0.1) is 38.7 Å². The summed E-state index contributed by atoms with van der Waals surface area (Å²) in [6.45, 7) is 15.9. The molecule has 11 nitrogen and oxygen atoms in total. The molecule has 0 spiro atoms. The van der Waals surface area contributed by atoms with Crippen molar-refractivity contribution in [1.82, 2.24) is 29.4 Å². The molecule has 1 aromatic carbocycles. The molecular weight excluding hydrogens is 599 g/mol. The first-order valence-electron chi connectivity index (χ1n) is 14.7. The van der Waals surface area contributed by atoms with Gasteiger partial charge in [0.1, 0.15) is 17.4 Å². The quantitative estimate of drug-likeness (QED) is 0.274. The number of nitrogen functional groups attached to an aromatic ring is 1. The Morgan fingerprint density at radius 2 is 1.73 bits per heavy atom. The van der Waals surface area contributed by atoms with Crippen LogP contribution >= 0.6 is 11.6 Å². The number of anilines is 2. The van der Waals surface area contributed by atoms with E-state index in [-0.39, 0.29) is 63.5 Å². The topological polar surface area (TPSA) is 143 Å². The minimum atomic E-state index is -0.737. The van der Waals surface area contributed by atoms with Crippen LogP contribution in [0.15, 0.2) is 41.7 Å². The van der Waals surface area contributed by atoms with E-state index in [4.69, 9.17) is 22.3 Å². The summed E-state index contributed by atoms with van der Waals surface area (Å²) >= 11 is 6.78. The van der Waals surface area contributed by atoms with E-state index in [9.17, 15) is 14.7 Å².